The third-order valence-corrected chi connectivity index (χ3v) is 2.80. The third kappa shape index (κ3) is 4.40. The molecule has 0 spiro atoms. The monoisotopic (exact) mass is 311 g/mol. The fourth-order valence-corrected chi connectivity index (χ4v) is 2.01. The minimum absolute atomic E-state index is 0.0974. The maximum atomic E-state index is 10.7. The van der Waals surface area contributed by atoms with Crippen LogP contribution in [0.1, 0.15) is 5.56 Å². The highest BCUT2D eigenvalue weighted by molar-refractivity contribution is 9.10. The molecule has 0 amide bonds. The van der Waals surface area contributed by atoms with Gasteiger partial charge in [0.2, 0.25) is 0 Å². The van der Waals surface area contributed by atoms with Gasteiger partial charge in [-0.2, -0.15) is 0 Å². The molecule has 0 aromatic heterocycles. The second-order valence-electron chi connectivity index (χ2n) is 3.70. The maximum absolute atomic E-state index is 10.7. The SMILES string of the molecule is C#CCN(CC(=O)O)Cc1cc(Br)ccc1OC. The van der Waals surface area contributed by atoms with Crippen LogP contribution in [0.5, 0.6) is 5.75 Å². The van der Waals surface area contributed by atoms with Crippen LogP contribution in [-0.4, -0.2) is 36.2 Å². The van der Waals surface area contributed by atoms with Crippen LogP contribution in [0, 0.1) is 12.3 Å². The summed E-state index contributed by atoms with van der Waals surface area (Å²) in [4.78, 5) is 12.4. The van der Waals surface area contributed by atoms with E-state index in [-0.39, 0.29) is 13.1 Å². The minimum Gasteiger partial charge on any atom is -0.496 e. The maximum Gasteiger partial charge on any atom is 0.317 e. The lowest BCUT2D eigenvalue weighted by Crippen LogP contribution is -2.29. The summed E-state index contributed by atoms with van der Waals surface area (Å²) in [6.07, 6.45) is 5.23. The Morgan fingerprint density at radius 2 is 2.33 bits per heavy atom. The van der Waals surface area contributed by atoms with E-state index < -0.39 is 5.97 Å². The van der Waals surface area contributed by atoms with Gasteiger partial charge in [0, 0.05) is 16.6 Å². The number of rotatable bonds is 6. The van der Waals surface area contributed by atoms with Gasteiger partial charge in [-0.3, -0.25) is 9.69 Å². The van der Waals surface area contributed by atoms with E-state index in [4.69, 9.17) is 16.3 Å². The van der Waals surface area contributed by atoms with Gasteiger partial charge in [-0.15, -0.1) is 6.42 Å². The normalized spacial score (nSPS) is 10.1. The molecule has 0 saturated heterocycles. The number of methoxy groups -OCH3 is 1. The molecule has 1 N–H and O–H groups in total. The largest absolute Gasteiger partial charge is 0.496 e. The third-order valence-electron chi connectivity index (χ3n) is 2.31. The Morgan fingerprint density at radius 1 is 1.61 bits per heavy atom. The summed E-state index contributed by atoms with van der Waals surface area (Å²) < 4.78 is 6.15. The molecule has 0 aliphatic heterocycles. The van der Waals surface area contributed by atoms with Crippen molar-refractivity contribution < 1.29 is 14.6 Å². The second-order valence-corrected chi connectivity index (χ2v) is 4.61. The topological polar surface area (TPSA) is 49.8 Å². The molecule has 0 aliphatic carbocycles. The molecule has 0 saturated carbocycles. The Kier molecular flexibility index (Phi) is 5.69. The Bertz CT molecular complexity index is 468. The van der Waals surface area contributed by atoms with E-state index in [0.717, 1.165) is 10.0 Å². The zero-order chi connectivity index (χ0) is 13.5. The number of carbonyl (C=O) groups is 1. The van der Waals surface area contributed by atoms with Crippen LogP contribution >= 0.6 is 15.9 Å². The highest BCUT2D eigenvalue weighted by Gasteiger charge is 2.12. The van der Waals surface area contributed by atoms with E-state index in [0.29, 0.717) is 12.3 Å². The van der Waals surface area contributed by atoms with Gasteiger partial charge in [-0.25, -0.2) is 0 Å². The van der Waals surface area contributed by atoms with Crippen molar-refractivity contribution >= 4 is 21.9 Å². The van der Waals surface area contributed by atoms with Crippen molar-refractivity contribution in [3.05, 3.63) is 28.2 Å². The van der Waals surface area contributed by atoms with Crippen molar-refractivity contribution in [2.24, 2.45) is 0 Å². The number of nitrogens with zero attached hydrogens (tertiary/aromatic N) is 1. The molecule has 18 heavy (non-hydrogen) atoms. The molecular weight excluding hydrogens is 298 g/mol. The lowest BCUT2D eigenvalue weighted by Gasteiger charge is -2.19. The van der Waals surface area contributed by atoms with Crippen molar-refractivity contribution in [3.63, 3.8) is 0 Å². The number of carboxylic acids is 1. The lowest BCUT2D eigenvalue weighted by atomic mass is 10.2. The predicted octanol–water partition coefficient (Wildman–Crippen LogP) is 1.98. The summed E-state index contributed by atoms with van der Waals surface area (Å²) in [6.45, 7) is 0.612. The van der Waals surface area contributed by atoms with Crippen LogP contribution < -0.4 is 4.74 Å². The van der Waals surface area contributed by atoms with Crippen LogP contribution in [0.4, 0.5) is 0 Å². The number of hydrogen-bond donors (Lipinski definition) is 1. The van der Waals surface area contributed by atoms with Gasteiger partial charge in [-0.1, -0.05) is 21.9 Å². The first-order valence-electron chi connectivity index (χ1n) is 5.27. The Balaban J connectivity index is 2.88. The van der Waals surface area contributed by atoms with Gasteiger partial charge in [-0.05, 0) is 18.2 Å². The fourth-order valence-electron chi connectivity index (χ4n) is 1.60. The van der Waals surface area contributed by atoms with E-state index in [2.05, 4.69) is 21.9 Å². The van der Waals surface area contributed by atoms with Crippen LogP contribution in [0.15, 0.2) is 22.7 Å². The van der Waals surface area contributed by atoms with Crippen LogP contribution in [0.25, 0.3) is 0 Å². The zero-order valence-electron chi connectivity index (χ0n) is 10.0. The minimum atomic E-state index is -0.904. The molecule has 1 aromatic carbocycles. The molecule has 0 aliphatic rings. The molecule has 4 nitrogen and oxygen atoms in total. The number of aliphatic carboxylic acids is 1. The number of halogens is 1. The lowest BCUT2D eigenvalue weighted by molar-refractivity contribution is -0.138. The van der Waals surface area contributed by atoms with Gasteiger partial charge in [0.1, 0.15) is 5.75 Å². The van der Waals surface area contributed by atoms with Crippen LogP contribution in [0.3, 0.4) is 0 Å². The number of terminal acetylenes is 1. The molecule has 0 bridgehead atoms. The first-order chi connectivity index (χ1) is 8.56. The van der Waals surface area contributed by atoms with Gasteiger partial charge < -0.3 is 9.84 Å². The number of ether oxygens (including phenoxy) is 1. The Morgan fingerprint density at radius 3 is 2.89 bits per heavy atom. The second kappa shape index (κ2) is 7.04. The van der Waals surface area contributed by atoms with E-state index in [1.54, 1.807) is 12.0 Å². The van der Waals surface area contributed by atoms with Gasteiger partial charge in [0.05, 0.1) is 20.2 Å². The average molecular weight is 312 g/mol. The smallest absolute Gasteiger partial charge is 0.317 e. The molecule has 0 radical (unpaired) electrons. The van der Waals surface area contributed by atoms with Crippen molar-refractivity contribution in [1.29, 1.82) is 0 Å². The van der Waals surface area contributed by atoms with E-state index in [1.807, 2.05) is 18.2 Å². The standard InChI is InChI=1S/C13H14BrNO3/c1-3-6-15(9-13(16)17)8-10-7-11(14)4-5-12(10)18-2/h1,4-5,7H,6,8-9H2,2H3,(H,16,17). The van der Waals surface area contributed by atoms with Crippen molar-refractivity contribution in [3.8, 4) is 18.1 Å². The fraction of sp³-hybridized carbons (Fsp3) is 0.308. The van der Waals surface area contributed by atoms with Crippen molar-refractivity contribution in [2.75, 3.05) is 20.2 Å². The Hall–Kier alpha value is -1.51. The molecule has 0 atom stereocenters. The van der Waals surface area contributed by atoms with E-state index >= 15 is 0 Å². The van der Waals surface area contributed by atoms with Gasteiger partial charge in [0.15, 0.2) is 0 Å². The summed E-state index contributed by atoms with van der Waals surface area (Å²) in [5.74, 6) is 2.27. The molecule has 1 aromatic rings. The number of carboxylic acid groups (broad SMARTS) is 1. The summed E-state index contributed by atoms with van der Waals surface area (Å²) in [5, 5.41) is 8.82. The number of hydrogen-bond acceptors (Lipinski definition) is 3. The van der Waals surface area contributed by atoms with Gasteiger partial charge >= 0.3 is 5.97 Å². The Labute approximate surface area is 115 Å². The summed E-state index contributed by atoms with van der Waals surface area (Å²) in [5.41, 5.74) is 0.892. The highest BCUT2D eigenvalue weighted by atomic mass is 79.9. The summed E-state index contributed by atoms with van der Waals surface area (Å²) >= 11 is 3.37. The quantitative estimate of drug-likeness (QED) is 0.816. The predicted molar refractivity (Wildman–Crippen MR) is 72.4 cm³/mol. The molecule has 0 heterocycles. The molecule has 0 fully saturated rings. The van der Waals surface area contributed by atoms with Crippen molar-refractivity contribution in [1.82, 2.24) is 4.90 Å². The first-order valence-corrected chi connectivity index (χ1v) is 6.06. The molecule has 0 unspecified atom stereocenters. The molecule has 1 rings (SSSR count). The first kappa shape index (κ1) is 14.6. The average Bonchev–Trinajstić information content (AvgIpc) is 2.28. The molecule has 96 valence electrons. The van der Waals surface area contributed by atoms with Gasteiger partial charge in [0.25, 0.3) is 0 Å². The number of benzene rings is 1. The van der Waals surface area contributed by atoms with Crippen LogP contribution in [0.2, 0.25) is 0 Å². The molecule has 5 heteroatoms. The van der Waals surface area contributed by atoms with Crippen LogP contribution in [-0.2, 0) is 11.3 Å². The van der Waals surface area contributed by atoms with E-state index in [9.17, 15) is 4.79 Å². The van der Waals surface area contributed by atoms with E-state index in [1.165, 1.54) is 0 Å². The summed E-state index contributed by atoms with van der Waals surface area (Å²) in [7, 11) is 1.58. The molecular formula is C13H14BrNO3. The summed E-state index contributed by atoms with van der Waals surface area (Å²) in [6, 6.07) is 5.59. The zero-order valence-corrected chi connectivity index (χ0v) is 11.6. The van der Waals surface area contributed by atoms with Crippen molar-refractivity contribution in [2.45, 2.75) is 6.54 Å². The highest BCUT2D eigenvalue weighted by Crippen LogP contribution is 2.24.